The normalized spacial score (nSPS) is 32.1. The molecule has 0 aromatic heterocycles. The van der Waals surface area contributed by atoms with E-state index in [-0.39, 0.29) is 5.60 Å². The number of carbonyl (C=O) groups is 1. The number of ether oxygens (including phenoxy) is 1. The van der Waals surface area contributed by atoms with E-state index >= 15 is 0 Å². The molecule has 86 valence electrons. The lowest BCUT2D eigenvalue weighted by Crippen LogP contribution is -2.49. The number of ketones is 1. The Morgan fingerprint density at radius 1 is 1.53 bits per heavy atom. The fourth-order valence-corrected chi connectivity index (χ4v) is 2.66. The minimum Gasteiger partial charge on any atom is -0.373 e. The molecule has 1 heterocycles. The highest BCUT2D eigenvalue weighted by Gasteiger charge is 2.31. The second-order valence-electron chi connectivity index (χ2n) is 5.40. The second-order valence-corrected chi connectivity index (χ2v) is 5.40. The number of Topliss-reactive ketones (excluding diaryl/α,β-unsaturated/α-hetero) is 1. The predicted octanol–water partition coefficient (Wildman–Crippen LogP) is 1.47. The molecule has 2 rings (SSSR count). The molecule has 1 aliphatic carbocycles. The average molecular weight is 211 g/mol. The molecule has 1 unspecified atom stereocenters. The highest BCUT2D eigenvalue weighted by Crippen LogP contribution is 2.24. The van der Waals surface area contributed by atoms with E-state index in [4.69, 9.17) is 4.74 Å². The van der Waals surface area contributed by atoms with Crippen molar-refractivity contribution in [3.8, 4) is 0 Å². The summed E-state index contributed by atoms with van der Waals surface area (Å²) in [6.45, 7) is 7.93. The fraction of sp³-hybridized carbons (Fsp3) is 0.917. The Hall–Kier alpha value is -0.410. The quantitative estimate of drug-likeness (QED) is 0.692. The molecule has 0 N–H and O–H groups in total. The Morgan fingerprint density at radius 3 is 2.93 bits per heavy atom. The second kappa shape index (κ2) is 4.22. The van der Waals surface area contributed by atoms with Crippen LogP contribution in [-0.4, -0.2) is 42.5 Å². The van der Waals surface area contributed by atoms with Gasteiger partial charge in [0.2, 0.25) is 0 Å². The van der Waals surface area contributed by atoms with Gasteiger partial charge in [0.05, 0.1) is 12.2 Å². The lowest BCUT2D eigenvalue weighted by Gasteiger charge is -2.39. The molecule has 1 saturated heterocycles. The van der Waals surface area contributed by atoms with Gasteiger partial charge in [0, 0.05) is 32.0 Å². The van der Waals surface area contributed by atoms with Crippen LogP contribution in [0.2, 0.25) is 0 Å². The first-order chi connectivity index (χ1) is 7.07. The molecule has 0 aromatic carbocycles. The summed E-state index contributed by atoms with van der Waals surface area (Å²) in [4.78, 5) is 13.9. The Kier molecular flexibility index (Phi) is 3.12. The molecule has 2 aliphatic rings. The third-order valence-corrected chi connectivity index (χ3v) is 3.41. The summed E-state index contributed by atoms with van der Waals surface area (Å²) in [7, 11) is 0. The van der Waals surface area contributed by atoms with Crippen LogP contribution in [-0.2, 0) is 9.53 Å². The monoisotopic (exact) mass is 211 g/mol. The standard InChI is InChI=1S/C12H21NO2/c1-12(2)9-13(6-7-15-12)8-10-4-3-5-11(10)14/h10H,3-9H2,1-2H3. The van der Waals surface area contributed by atoms with Crippen LogP contribution < -0.4 is 0 Å². The largest absolute Gasteiger partial charge is 0.373 e. The summed E-state index contributed by atoms with van der Waals surface area (Å²) < 4.78 is 5.66. The van der Waals surface area contributed by atoms with Gasteiger partial charge in [-0.2, -0.15) is 0 Å². The van der Waals surface area contributed by atoms with Crippen LogP contribution >= 0.6 is 0 Å². The van der Waals surface area contributed by atoms with Crippen LogP contribution in [0, 0.1) is 5.92 Å². The number of rotatable bonds is 2. The zero-order valence-electron chi connectivity index (χ0n) is 9.79. The van der Waals surface area contributed by atoms with Crippen molar-refractivity contribution in [3.05, 3.63) is 0 Å². The van der Waals surface area contributed by atoms with Crippen molar-refractivity contribution < 1.29 is 9.53 Å². The first kappa shape index (κ1) is 11.1. The van der Waals surface area contributed by atoms with Crippen molar-refractivity contribution in [3.63, 3.8) is 0 Å². The van der Waals surface area contributed by atoms with Gasteiger partial charge in [-0.25, -0.2) is 0 Å². The third-order valence-electron chi connectivity index (χ3n) is 3.41. The smallest absolute Gasteiger partial charge is 0.137 e. The topological polar surface area (TPSA) is 29.5 Å². The van der Waals surface area contributed by atoms with Crippen molar-refractivity contribution >= 4 is 5.78 Å². The third kappa shape index (κ3) is 2.79. The van der Waals surface area contributed by atoms with E-state index in [1.165, 1.54) is 0 Å². The molecule has 15 heavy (non-hydrogen) atoms. The van der Waals surface area contributed by atoms with Crippen LogP contribution in [0.4, 0.5) is 0 Å². The van der Waals surface area contributed by atoms with Crippen LogP contribution in [0.5, 0.6) is 0 Å². The molecule has 3 heteroatoms. The van der Waals surface area contributed by atoms with Crippen LogP contribution in [0.3, 0.4) is 0 Å². The van der Waals surface area contributed by atoms with Gasteiger partial charge in [0.15, 0.2) is 0 Å². The summed E-state index contributed by atoms with van der Waals surface area (Å²) in [6.07, 6.45) is 2.99. The van der Waals surface area contributed by atoms with E-state index in [1.54, 1.807) is 0 Å². The zero-order valence-corrected chi connectivity index (χ0v) is 9.79. The van der Waals surface area contributed by atoms with Crippen molar-refractivity contribution in [2.24, 2.45) is 5.92 Å². The zero-order chi connectivity index (χ0) is 10.9. The Balaban J connectivity index is 1.86. The molecule has 3 nitrogen and oxygen atoms in total. The maximum absolute atomic E-state index is 11.6. The maximum Gasteiger partial charge on any atom is 0.137 e. The van der Waals surface area contributed by atoms with Crippen LogP contribution in [0.1, 0.15) is 33.1 Å². The highest BCUT2D eigenvalue weighted by atomic mass is 16.5. The summed E-state index contributed by atoms with van der Waals surface area (Å²) in [5.74, 6) is 0.776. The minimum atomic E-state index is -0.0418. The van der Waals surface area contributed by atoms with Crippen molar-refractivity contribution in [1.29, 1.82) is 0 Å². The highest BCUT2D eigenvalue weighted by molar-refractivity contribution is 5.83. The van der Waals surface area contributed by atoms with E-state index in [0.29, 0.717) is 11.7 Å². The van der Waals surface area contributed by atoms with E-state index in [1.807, 2.05) is 0 Å². The molecule has 1 atom stereocenters. The van der Waals surface area contributed by atoms with Crippen molar-refractivity contribution in [2.45, 2.75) is 38.7 Å². The molecule has 0 bridgehead atoms. The lowest BCUT2D eigenvalue weighted by atomic mass is 10.0. The van der Waals surface area contributed by atoms with E-state index in [9.17, 15) is 4.79 Å². The van der Waals surface area contributed by atoms with Gasteiger partial charge in [-0.15, -0.1) is 0 Å². The molecule has 2 fully saturated rings. The predicted molar refractivity (Wildman–Crippen MR) is 58.8 cm³/mol. The maximum atomic E-state index is 11.6. The van der Waals surface area contributed by atoms with Gasteiger partial charge >= 0.3 is 0 Å². The van der Waals surface area contributed by atoms with E-state index in [0.717, 1.165) is 45.5 Å². The van der Waals surface area contributed by atoms with Gasteiger partial charge in [-0.3, -0.25) is 9.69 Å². The van der Waals surface area contributed by atoms with Gasteiger partial charge < -0.3 is 4.74 Å². The summed E-state index contributed by atoms with van der Waals surface area (Å²) >= 11 is 0. The number of hydrogen-bond acceptors (Lipinski definition) is 3. The van der Waals surface area contributed by atoms with Gasteiger partial charge in [-0.05, 0) is 26.7 Å². The molecule has 1 saturated carbocycles. The molecule has 1 aliphatic heterocycles. The number of nitrogens with zero attached hydrogens (tertiary/aromatic N) is 1. The number of morpholine rings is 1. The van der Waals surface area contributed by atoms with Crippen LogP contribution in [0.15, 0.2) is 0 Å². The molecule has 0 radical (unpaired) electrons. The number of carbonyl (C=O) groups excluding carboxylic acids is 1. The average Bonchev–Trinajstić information content (AvgIpc) is 2.50. The summed E-state index contributed by atoms with van der Waals surface area (Å²) in [5.41, 5.74) is -0.0418. The molecular formula is C12H21NO2. The van der Waals surface area contributed by atoms with Gasteiger partial charge in [0.25, 0.3) is 0 Å². The first-order valence-electron chi connectivity index (χ1n) is 5.96. The van der Waals surface area contributed by atoms with Crippen LogP contribution in [0.25, 0.3) is 0 Å². The Morgan fingerprint density at radius 2 is 2.33 bits per heavy atom. The Bertz CT molecular complexity index is 250. The van der Waals surface area contributed by atoms with E-state index < -0.39 is 0 Å². The summed E-state index contributed by atoms with van der Waals surface area (Å²) in [6, 6.07) is 0. The SMILES string of the molecule is CC1(C)CN(CC2CCCC2=O)CCO1. The first-order valence-corrected chi connectivity index (χ1v) is 5.96. The molecule has 0 aromatic rings. The van der Waals surface area contributed by atoms with Gasteiger partial charge in [-0.1, -0.05) is 0 Å². The fourth-order valence-electron chi connectivity index (χ4n) is 2.66. The summed E-state index contributed by atoms with van der Waals surface area (Å²) in [5, 5.41) is 0. The molecule has 0 amide bonds. The Labute approximate surface area is 91.8 Å². The number of hydrogen-bond donors (Lipinski definition) is 0. The molecular weight excluding hydrogens is 190 g/mol. The van der Waals surface area contributed by atoms with E-state index in [2.05, 4.69) is 18.7 Å². The molecule has 0 spiro atoms. The van der Waals surface area contributed by atoms with Gasteiger partial charge in [0.1, 0.15) is 5.78 Å². The lowest BCUT2D eigenvalue weighted by molar-refractivity contribution is -0.123. The van der Waals surface area contributed by atoms with Crippen molar-refractivity contribution in [1.82, 2.24) is 4.90 Å². The minimum absolute atomic E-state index is 0.0418. The van der Waals surface area contributed by atoms with Crippen molar-refractivity contribution in [2.75, 3.05) is 26.2 Å².